The molecule has 0 fully saturated rings. The average Bonchev–Trinajstić information content (AvgIpc) is 2.73. The number of hydrogen-bond acceptors (Lipinski definition) is 8. The van der Waals surface area contributed by atoms with Crippen LogP contribution in [0.2, 0.25) is 0 Å². The molecule has 4 atom stereocenters. The third kappa shape index (κ3) is 12.7. The van der Waals surface area contributed by atoms with Crippen LogP contribution in [0.4, 0.5) is 0 Å². The molecule has 0 radical (unpaired) electrons. The normalized spacial score (nSPS) is 14.6. The van der Waals surface area contributed by atoms with Gasteiger partial charge in [-0.25, -0.2) is 4.79 Å². The molecule has 11 N–H and O–H groups in total. The Hall–Kier alpha value is -2.77. The lowest BCUT2D eigenvalue weighted by molar-refractivity contribution is -0.143. The monoisotopic (exact) mass is 474 g/mol. The zero-order valence-electron chi connectivity index (χ0n) is 19.2. The van der Waals surface area contributed by atoms with Gasteiger partial charge in [0.1, 0.15) is 18.1 Å². The maximum absolute atomic E-state index is 12.9. The molecule has 0 saturated heterocycles. The first-order valence-corrected chi connectivity index (χ1v) is 10.9. The first kappa shape index (κ1) is 30.2. The average molecular weight is 475 g/mol. The van der Waals surface area contributed by atoms with Crippen molar-refractivity contribution in [2.24, 2.45) is 23.1 Å². The largest absolute Gasteiger partial charge is 0.480 e. The molecule has 0 aliphatic rings. The first-order chi connectivity index (χ1) is 15.4. The second kappa shape index (κ2) is 15.9. The highest BCUT2D eigenvalue weighted by atomic mass is 16.4. The molecule has 0 aliphatic heterocycles. The molecule has 4 amide bonds. The number of carbonyl (C=O) groups is 5. The van der Waals surface area contributed by atoms with E-state index in [1.807, 2.05) is 0 Å². The van der Waals surface area contributed by atoms with Crippen LogP contribution in [0.5, 0.6) is 0 Å². The topological polar surface area (TPSA) is 240 Å². The van der Waals surface area contributed by atoms with Crippen LogP contribution in [-0.4, -0.2) is 77.1 Å². The molecule has 0 saturated carbocycles. The van der Waals surface area contributed by atoms with Crippen molar-refractivity contribution >= 4 is 29.6 Å². The minimum atomic E-state index is -1.54. The number of carboxylic acid groups (broad SMARTS) is 1. The predicted octanol–water partition coefficient (Wildman–Crippen LogP) is -2.71. The van der Waals surface area contributed by atoms with Crippen LogP contribution in [0.1, 0.15) is 52.4 Å². The van der Waals surface area contributed by atoms with E-state index in [-0.39, 0.29) is 25.2 Å². The van der Waals surface area contributed by atoms with Crippen LogP contribution in [0.25, 0.3) is 0 Å². The van der Waals surface area contributed by atoms with Crippen LogP contribution < -0.4 is 33.2 Å². The van der Waals surface area contributed by atoms with Crippen molar-refractivity contribution in [1.82, 2.24) is 16.0 Å². The molecule has 13 heteroatoms. The Morgan fingerprint density at radius 3 is 1.88 bits per heavy atom. The number of primary amides is 1. The maximum Gasteiger partial charge on any atom is 0.328 e. The van der Waals surface area contributed by atoms with E-state index in [0.717, 1.165) is 0 Å². The third-order valence-electron chi connectivity index (χ3n) is 4.76. The van der Waals surface area contributed by atoms with Crippen molar-refractivity contribution < 1.29 is 34.2 Å². The van der Waals surface area contributed by atoms with Crippen LogP contribution in [0.15, 0.2) is 0 Å². The lowest BCUT2D eigenvalue weighted by Gasteiger charge is -2.25. The van der Waals surface area contributed by atoms with Gasteiger partial charge in [-0.05, 0) is 38.1 Å². The van der Waals surface area contributed by atoms with Crippen molar-refractivity contribution in [3.05, 3.63) is 0 Å². The van der Waals surface area contributed by atoms with E-state index in [1.165, 1.54) is 0 Å². The minimum Gasteiger partial charge on any atom is -0.480 e. The third-order valence-corrected chi connectivity index (χ3v) is 4.76. The van der Waals surface area contributed by atoms with E-state index in [2.05, 4.69) is 16.0 Å². The van der Waals surface area contributed by atoms with E-state index in [4.69, 9.17) is 27.4 Å². The Bertz CT molecular complexity index is 673. The summed E-state index contributed by atoms with van der Waals surface area (Å²) in [6, 6.07) is -4.77. The molecular weight excluding hydrogens is 436 g/mol. The molecule has 0 aromatic rings. The van der Waals surface area contributed by atoms with E-state index in [1.54, 1.807) is 13.8 Å². The van der Waals surface area contributed by atoms with Gasteiger partial charge >= 0.3 is 5.97 Å². The van der Waals surface area contributed by atoms with Crippen molar-refractivity contribution in [2.45, 2.75) is 76.5 Å². The summed E-state index contributed by atoms with van der Waals surface area (Å²) in [4.78, 5) is 60.2. The first-order valence-electron chi connectivity index (χ1n) is 10.9. The number of carbonyl (C=O) groups excluding carboxylic acids is 4. The second-order valence-electron chi connectivity index (χ2n) is 8.23. The van der Waals surface area contributed by atoms with Crippen molar-refractivity contribution in [3.63, 3.8) is 0 Å². The van der Waals surface area contributed by atoms with Crippen LogP contribution in [-0.2, 0) is 24.0 Å². The number of carboxylic acids is 1. The molecule has 0 aliphatic carbocycles. The molecule has 0 heterocycles. The highest BCUT2D eigenvalue weighted by Crippen LogP contribution is 2.08. The maximum atomic E-state index is 12.9. The van der Waals surface area contributed by atoms with Gasteiger partial charge in [0.15, 0.2) is 0 Å². The summed E-state index contributed by atoms with van der Waals surface area (Å²) >= 11 is 0. The zero-order valence-corrected chi connectivity index (χ0v) is 19.2. The molecule has 0 aromatic heterocycles. The zero-order chi connectivity index (χ0) is 25.6. The molecule has 0 unspecified atom stereocenters. The molecule has 0 rings (SSSR count). The van der Waals surface area contributed by atoms with Crippen molar-refractivity contribution in [3.8, 4) is 0 Å². The number of aliphatic hydroxyl groups excluding tert-OH is 1. The Labute approximate surface area is 193 Å². The van der Waals surface area contributed by atoms with Gasteiger partial charge in [0.05, 0.1) is 12.6 Å². The molecule has 33 heavy (non-hydrogen) atoms. The molecule has 190 valence electrons. The smallest absolute Gasteiger partial charge is 0.328 e. The second-order valence-corrected chi connectivity index (χ2v) is 8.23. The fourth-order valence-electron chi connectivity index (χ4n) is 2.91. The predicted molar refractivity (Wildman–Crippen MR) is 119 cm³/mol. The standard InChI is InChI=1S/C20H38N6O7/c1-11(2)9-14(19(31)26-15(10-27)20(32)33)25-18(30)13(6-7-16(23)28)24-17(29)12(22)5-3-4-8-21/h11-15,27H,3-10,21-22H2,1-2H3,(H2,23,28)(H,24,29)(H,25,30)(H,26,31)(H,32,33)/t12-,13-,14-,15-/m0/s1. The lowest BCUT2D eigenvalue weighted by atomic mass is 10.0. The fourth-order valence-corrected chi connectivity index (χ4v) is 2.91. The van der Waals surface area contributed by atoms with Gasteiger partial charge in [-0.3, -0.25) is 19.2 Å². The Kier molecular flexibility index (Phi) is 14.6. The number of amides is 4. The van der Waals surface area contributed by atoms with Crippen LogP contribution in [0, 0.1) is 5.92 Å². The van der Waals surface area contributed by atoms with Gasteiger partial charge in [0.25, 0.3) is 0 Å². The summed E-state index contributed by atoms with van der Waals surface area (Å²) < 4.78 is 0. The van der Waals surface area contributed by atoms with Gasteiger partial charge < -0.3 is 43.4 Å². The van der Waals surface area contributed by atoms with E-state index in [0.29, 0.717) is 25.8 Å². The van der Waals surface area contributed by atoms with E-state index in [9.17, 15) is 24.0 Å². The number of hydrogen-bond donors (Lipinski definition) is 8. The summed E-state index contributed by atoms with van der Waals surface area (Å²) in [7, 11) is 0. The fraction of sp³-hybridized carbons (Fsp3) is 0.750. The quantitative estimate of drug-likeness (QED) is 0.102. The molecule has 0 spiro atoms. The number of nitrogens with one attached hydrogen (secondary N) is 3. The van der Waals surface area contributed by atoms with Gasteiger partial charge in [-0.15, -0.1) is 0 Å². The highest BCUT2D eigenvalue weighted by Gasteiger charge is 2.30. The lowest BCUT2D eigenvalue weighted by Crippen LogP contribution is -2.57. The number of rotatable bonds is 17. The summed E-state index contributed by atoms with van der Waals surface area (Å²) in [5.41, 5.74) is 16.4. The van der Waals surface area contributed by atoms with Gasteiger partial charge in [-0.1, -0.05) is 20.3 Å². The molecule has 0 aromatic carbocycles. The van der Waals surface area contributed by atoms with Crippen LogP contribution in [0.3, 0.4) is 0 Å². The minimum absolute atomic E-state index is 0.0620. The number of unbranched alkanes of at least 4 members (excludes halogenated alkanes) is 1. The summed E-state index contributed by atoms with van der Waals surface area (Å²) in [5.74, 6) is -4.35. The number of aliphatic carboxylic acids is 1. The summed E-state index contributed by atoms with van der Waals surface area (Å²) in [6.45, 7) is 3.21. The Morgan fingerprint density at radius 1 is 0.848 bits per heavy atom. The number of nitrogens with two attached hydrogens (primary N) is 3. The highest BCUT2D eigenvalue weighted by molar-refractivity contribution is 5.94. The Morgan fingerprint density at radius 2 is 1.39 bits per heavy atom. The van der Waals surface area contributed by atoms with Gasteiger partial charge in [-0.2, -0.15) is 0 Å². The molecule has 13 nitrogen and oxygen atoms in total. The molecular formula is C20H38N6O7. The van der Waals surface area contributed by atoms with Crippen molar-refractivity contribution in [1.29, 1.82) is 0 Å². The molecule has 0 bridgehead atoms. The van der Waals surface area contributed by atoms with E-state index >= 15 is 0 Å². The van der Waals surface area contributed by atoms with Crippen LogP contribution >= 0.6 is 0 Å². The Balaban J connectivity index is 5.40. The summed E-state index contributed by atoms with van der Waals surface area (Å²) in [6.07, 6.45) is 1.49. The summed E-state index contributed by atoms with van der Waals surface area (Å²) in [5, 5.41) is 25.3. The van der Waals surface area contributed by atoms with Crippen molar-refractivity contribution in [2.75, 3.05) is 13.2 Å². The van der Waals surface area contributed by atoms with Gasteiger partial charge in [0.2, 0.25) is 23.6 Å². The number of aliphatic hydroxyl groups is 1. The van der Waals surface area contributed by atoms with E-state index < -0.39 is 60.4 Å². The van der Waals surface area contributed by atoms with Gasteiger partial charge in [0, 0.05) is 6.42 Å². The SMILES string of the molecule is CC(C)C[C@H](NC(=O)[C@H](CCC(N)=O)NC(=O)[C@@H](N)CCCCN)C(=O)N[C@@H](CO)C(=O)O.